The smallest absolute Gasteiger partial charge is 0.212 e. The van der Waals surface area contributed by atoms with Gasteiger partial charge in [-0.05, 0) is 25.1 Å². The third kappa shape index (κ3) is 6.09. The van der Waals surface area contributed by atoms with Crippen molar-refractivity contribution >= 4 is 27.5 Å². The second-order valence-electron chi connectivity index (χ2n) is 4.02. The molecule has 0 aliphatic rings. The molecule has 1 aromatic carbocycles. The Morgan fingerprint density at radius 2 is 2.22 bits per heavy atom. The summed E-state index contributed by atoms with van der Waals surface area (Å²) in [6.45, 7) is 5.73. The minimum absolute atomic E-state index is 0.0831. The Balaban J connectivity index is 2.39. The van der Waals surface area contributed by atoms with E-state index in [9.17, 15) is 8.42 Å². The molecule has 3 N–H and O–H groups in total. The molecule has 1 aromatic rings. The van der Waals surface area contributed by atoms with Crippen molar-refractivity contribution in [3.05, 3.63) is 36.4 Å². The van der Waals surface area contributed by atoms with Crippen LogP contribution in [0.25, 0.3) is 0 Å². The van der Waals surface area contributed by atoms with E-state index in [-0.39, 0.29) is 5.75 Å². The summed E-state index contributed by atoms with van der Waals surface area (Å²) in [5.41, 5.74) is 7.12. The standard InChI is InChI=1S/C12H18N2O2S2/c1-10(2)9-14-18(15,16)7-6-17-12-5-3-4-11(13)8-12/h3-5,8,14H,1,6-7,9,13H2,2H3. The quantitative estimate of drug-likeness (QED) is 0.456. The van der Waals surface area contributed by atoms with Crippen molar-refractivity contribution in [3.8, 4) is 0 Å². The first kappa shape index (κ1) is 15.1. The topological polar surface area (TPSA) is 72.2 Å². The van der Waals surface area contributed by atoms with Crippen molar-refractivity contribution in [2.24, 2.45) is 0 Å². The van der Waals surface area contributed by atoms with Crippen molar-refractivity contribution in [2.45, 2.75) is 11.8 Å². The predicted octanol–water partition coefficient (Wildman–Crippen LogP) is 1.86. The van der Waals surface area contributed by atoms with Gasteiger partial charge in [0.1, 0.15) is 0 Å². The van der Waals surface area contributed by atoms with Gasteiger partial charge in [0, 0.05) is 22.9 Å². The summed E-state index contributed by atoms with van der Waals surface area (Å²) >= 11 is 1.47. The van der Waals surface area contributed by atoms with Crippen LogP contribution in [0, 0.1) is 0 Å². The molecule has 6 heteroatoms. The minimum atomic E-state index is -3.22. The van der Waals surface area contributed by atoms with Crippen LogP contribution >= 0.6 is 11.8 Å². The summed E-state index contributed by atoms with van der Waals surface area (Å²) < 4.78 is 25.7. The Bertz CT molecular complexity index is 513. The van der Waals surface area contributed by atoms with Crippen LogP contribution in [0.2, 0.25) is 0 Å². The first-order valence-electron chi connectivity index (χ1n) is 5.49. The summed E-state index contributed by atoms with van der Waals surface area (Å²) in [7, 11) is -3.22. The van der Waals surface area contributed by atoms with E-state index in [4.69, 9.17) is 5.73 Å². The second-order valence-corrected chi connectivity index (χ2v) is 7.11. The molecule has 0 radical (unpaired) electrons. The van der Waals surface area contributed by atoms with Crippen LogP contribution in [-0.2, 0) is 10.0 Å². The second kappa shape index (κ2) is 6.82. The van der Waals surface area contributed by atoms with E-state index >= 15 is 0 Å². The molecule has 0 spiro atoms. The van der Waals surface area contributed by atoms with Gasteiger partial charge < -0.3 is 5.73 Å². The fourth-order valence-corrected chi connectivity index (χ4v) is 3.63. The van der Waals surface area contributed by atoms with E-state index in [0.717, 1.165) is 10.5 Å². The van der Waals surface area contributed by atoms with Gasteiger partial charge >= 0.3 is 0 Å². The van der Waals surface area contributed by atoms with Crippen molar-refractivity contribution in [3.63, 3.8) is 0 Å². The first-order chi connectivity index (χ1) is 8.39. The number of sulfonamides is 1. The number of thioether (sulfide) groups is 1. The van der Waals surface area contributed by atoms with Crippen molar-refractivity contribution in [2.75, 3.05) is 23.8 Å². The van der Waals surface area contributed by atoms with Gasteiger partial charge in [0.05, 0.1) is 5.75 Å². The largest absolute Gasteiger partial charge is 0.399 e. The Labute approximate surface area is 113 Å². The molecular weight excluding hydrogens is 268 g/mol. The molecule has 4 nitrogen and oxygen atoms in total. The van der Waals surface area contributed by atoms with E-state index in [2.05, 4.69) is 11.3 Å². The lowest BCUT2D eigenvalue weighted by Gasteiger charge is -2.06. The SMILES string of the molecule is C=C(C)CNS(=O)(=O)CCSc1cccc(N)c1. The van der Waals surface area contributed by atoms with Gasteiger partial charge in [-0.3, -0.25) is 0 Å². The van der Waals surface area contributed by atoms with Crippen LogP contribution in [0.1, 0.15) is 6.92 Å². The van der Waals surface area contributed by atoms with Gasteiger partial charge in [-0.1, -0.05) is 18.2 Å². The fraction of sp³-hybridized carbons (Fsp3) is 0.333. The molecule has 100 valence electrons. The van der Waals surface area contributed by atoms with Crippen LogP contribution in [0.4, 0.5) is 5.69 Å². The summed E-state index contributed by atoms with van der Waals surface area (Å²) in [4.78, 5) is 0.977. The Morgan fingerprint density at radius 3 is 2.83 bits per heavy atom. The van der Waals surface area contributed by atoms with E-state index in [1.54, 1.807) is 13.0 Å². The molecule has 1 rings (SSSR count). The zero-order valence-electron chi connectivity index (χ0n) is 10.3. The normalized spacial score (nSPS) is 11.4. The summed E-state index contributed by atoms with van der Waals surface area (Å²) in [5, 5.41) is 0. The Morgan fingerprint density at radius 1 is 1.50 bits per heavy atom. The third-order valence-corrected chi connectivity index (χ3v) is 4.65. The van der Waals surface area contributed by atoms with Crippen molar-refractivity contribution in [1.82, 2.24) is 4.72 Å². The zero-order valence-corrected chi connectivity index (χ0v) is 12.0. The number of benzene rings is 1. The van der Waals surface area contributed by atoms with E-state index in [1.165, 1.54) is 11.8 Å². The lowest BCUT2D eigenvalue weighted by atomic mass is 10.3. The van der Waals surface area contributed by atoms with Crippen LogP contribution < -0.4 is 10.5 Å². The van der Waals surface area contributed by atoms with Crippen molar-refractivity contribution < 1.29 is 8.42 Å². The highest BCUT2D eigenvalue weighted by atomic mass is 32.2. The predicted molar refractivity (Wildman–Crippen MR) is 78.2 cm³/mol. The number of hydrogen-bond donors (Lipinski definition) is 2. The summed E-state index contributed by atoms with van der Waals surface area (Å²) in [5.74, 6) is 0.578. The number of nitrogens with one attached hydrogen (secondary N) is 1. The van der Waals surface area contributed by atoms with E-state index < -0.39 is 10.0 Å². The lowest BCUT2D eigenvalue weighted by molar-refractivity contribution is 0.586. The van der Waals surface area contributed by atoms with Gasteiger partial charge in [0.15, 0.2) is 0 Å². The van der Waals surface area contributed by atoms with Gasteiger partial charge in [-0.25, -0.2) is 13.1 Å². The Kier molecular flexibility index (Phi) is 5.71. The van der Waals surface area contributed by atoms with Crippen LogP contribution in [0.5, 0.6) is 0 Å². The third-order valence-electron chi connectivity index (χ3n) is 2.07. The van der Waals surface area contributed by atoms with Crippen molar-refractivity contribution in [1.29, 1.82) is 0 Å². The molecule has 0 saturated heterocycles. The summed E-state index contributed by atoms with van der Waals surface area (Å²) in [6, 6.07) is 7.40. The maximum absolute atomic E-state index is 11.6. The highest BCUT2D eigenvalue weighted by molar-refractivity contribution is 8.00. The van der Waals surface area contributed by atoms with Gasteiger partial charge in [-0.15, -0.1) is 11.8 Å². The average Bonchev–Trinajstić information content (AvgIpc) is 2.26. The molecule has 0 atom stereocenters. The molecule has 0 aliphatic carbocycles. The maximum Gasteiger partial charge on any atom is 0.212 e. The Hall–Kier alpha value is -0.980. The molecule has 0 saturated carbocycles. The lowest BCUT2D eigenvalue weighted by Crippen LogP contribution is -2.28. The van der Waals surface area contributed by atoms with Crippen LogP contribution in [-0.4, -0.2) is 26.5 Å². The molecule has 0 amide bonds. The van der Waals surface area contributed by atoms with Crippen LogP contribution in [0.3, 0.4) is 0 Å². The highest BCUT2D eigenvalue weighted by Crippen LogP contribution is 2.20. The zero-order chi connectivity index (χ0) is 13.6. The highest BCUT2D eigenvalue weighted by Gasteiger charge is 2.09. The molecule has 0 aromatic heterocycles. The van der Waals surface area contributed by atoms with Crippen LogP contribution in [0.15, 0.2) is 41.3 Å². The monoisotopic (exact) mass is 286 g/mol. The number of hydrogen-bond acceptors (Lipinski definition) is 4. The molecular formula is C12H18N2O2S2. The van der Waals surface area contributed by atoms with Gasteiger partial charge in [0.2, 0.25) is 10.0 Å². The van der Waals surface area contributed by atoms with E-state index in [1.807, 2.05) is 18.2 Å². The number of nitrogens with two attached hydrogens (primary N) is 1. The summed E-state index contributed by atoms with van der Waals surface area (Å²) in [6.07, 6.45) is 0. The number of nitrogen functional groups attached to an aromatic ring is 1. The molecule has 0 aliphatic heterocycles. The van der Waals surface area contributed by atoms with E-state index in [0.29, 0.717) is 18.0 Å². The molecule has 0 heterocycles. The molecule has 0 unspecified atom stereocenters. The fourth-order valence-electron chi connectivity index (χ4n) is 1.18. The first-order valence-corrected chi connectivity index (χ1v) is 8.13. The molecule has 0 bridgehead atoms. The van der Waals surface area contributed by atoms with Gasteiger partial charge in [-0.2, -0.15) is 0 Å². The maximum atomic E-state index is 11.6. The molecule has 18 heavy (non-hydrogen) atoms. The average molecular weight is 286 g/mol. The number of anilines is 1. The molecule has 0 fully saturated rings. The number of rotatable bonds is 7. The van der Waals surface area contributed by atoms with Gasteiger partial charge in [0.25, 0.3) is 0 Å². The minimum Gasteiger partial charge on any atom is -0.399 e.